The quantitative estimate of drug-likeness (QED) is 0.280. The van der Waals surface area contributed by atoms with Crippen molar-refractivity contribution in [1.82, 2.24) is 20.9 Å². The van der Waals surface area contributed by atoms with Crippen LogP contribution in [0.2, 0.25) is 0 Å². The number of carbonyl (C=O) groups excluding carboxylic acids is 2. The van der Waals surface area contributed by atoms with Gasteiger partial charge in [0.2, 0.25) is 0 Å². The fraction of sp³-hybridized carbons (Fsp3) is 0.292. The molecule has 0 fully saturated rings. The molecule has 1 atom stereocenters. The predicted molar refractivity (Wildman–Crippen MR) is 144 cm³/mol. The first kappa shape index (κ1) is 28.9. The molecule has 0 saturated heterocycles. The van der Waals surface area contributed by atoms with Crippen LogP contribution in [0.5, 0.6) is 5.75 Å². The van der Waals surface area contributed by atoms with E-state index in [0.29, 0.717) is 11.3 Å². The third kappa shape index (κ3) is 8.99. The number of carboxylic acid groups (broad SMARTS) is 1. The van der Waals surface area contributed by atoms with Crippen molar-refractivity contribution in [3.05, 3.63) is 59.7 Å². The molecule has 0 bridgehead atoms. The molecular formula is C24H29N7O7S. The molecule has 39 heavy (non-hydrogen) atoms. The molecule has 0 saturated carbocycles. The zero-order chi connectivity index (χ0) is 28.6. The van der Waals surface area contributed by atoms with Gasteiger partial charge >= 0.3 is 28.3 Å². The van der Waals surface area contributed by atoms with Crippen molar-refractivity contribution in [1.29, 1.82) is 0 Å². The molecule has 5 N–H and O–H groups in total. The largest absolute Gasteiger partial charge is 0.480 e. The average molecular weight is 560 g/mol. The fourth-order valence-electron chi connectivity index (χ4n) is 3.29. The smallest absolute Gasteiger partial charge is 0.414 e. The summed E-state index contributed by atoms with van der Waals surface area (Å²) in [5, 5.41) is 20.4. The van der Waals surface area contributed by atoms with Crippen LogP contribution in [0.3, 0.4) is 0 Å². The van der Waals surface area contributed by atoms with Crippen molar-refractivity contribution in [3.63, 3.8) is 0 Å². The number of aryl methyl sites for hydroxylation is 1. The number of urea groups is 1. The number of nitrogens with one attached hydrogen (secondary N) is 4. The Morgan fingerprint density at radius 3 is 2.36 bits per heavy atom. The number of hydrogen-bond acceptors (Lipinski definition) is 8. The van der Waals surface area contributed by atoms with E-state index in [2.05, 4.69) is 30.1 Å². The first-order valence-corrected chi connectivity index (χ1v) is 13.1. The lowest BCUT2D eigenvalue weighted by Crippen LogP contribution is -2.48. The Hall–Kier alpha value is -4.66. The summed E-state index contributed by atoms with van der Waals surface area (Å²) in [7, 11) is -1.13. The zero-order valence-electron chi connectivity index (χ0n) is 21.5. The molecule has 208 valence electrons. The standard InChI is InChI=1S/C24H29N7O7S/c1-15-5-4-6-17(13-15)27-23(34)26-12-11-25-20-21(30-39(36,37)29-20)28-19(22(32)33)14-16-7-9-18(10-8-16)38-24(35)31(2)3/h4-10,13,19H,11-12,14H2,1-3H3,(H,25,29)(H,28,30)(H,32,33)(H2,26,27,34)/t19-/m0/s1. The Bertz CT molecular complexity index is 1390. The molecule has 3 rings (SSSR count). The minimum absolute atomic E-state index is 0.0374. The van der Waals surface area contributed by atoms with Gasteiger partial charge in [-0.15, -0.1) is 8.80 Å². The summed E-state index contributed by atoms with van der Waals surface area (Å²) in [6.45, 7) is 2.09. The van der Waals surface area contributed by atoms with Gasteiger partial charge in [-0.2, -0.15) is 8.42 Å². The monoisotopic (exact) mass is 559 g/mol. The van der Waals surface area contributed by atoms with Crippen LogP contribution in [0.25, 0.3) is 0 Å². The Labute approximate surface area is 225 Å². The molecule has 0 spiro atoms. The van der Waals surface area contributed by atoms with E-state index < -0.39 is 34.3 Å². The molecular weight excluding hydrogens is 530 g/mol. The second-order valence-corrected chi connectivity index (χ2v) is 9.91. The summed E-state index contributed by atoms with van der Waals surface area (Å²) in [5.74, 6) is -1.40. The minimum Gasteiger partial charge on any atom is -0.480 e. The molecule has 0 unspecified atom stereocenters. The Balaban J connectivity index is 1.55. The van der Waals surface area contributed by atoms with E-state index in [1.807, 2.05) is 19.1 Å². The highest BCUT2D eigenvalue weighted by Crippen LogP contribution is 2.15. The third-order valence-electron chi connectivity index (χ3n) is 5.16. The average Bonchev–Trinajstić information content (AvgIpc) is 3.15. The van der Waals surface area contributed by atoms with Crippen LogP contribution in [-0.2, 0) is 21.4 Å². The number of ether oxygens (including phenoxy) is 1. The van der Waals surface area contributed by atoms with Crippen LogP contribution in [0.1, 0.15) is 11.1 Å². The molecule has 15 heteroatoms. The number of amidine groups is 2. The van der Waals surface area contributed by atoms with Crippen LogP contribution in [0.4, 0.5) is 15.3 Å². The van der Waals surface area contributed by atoms with E-state index in [1.54, 1.807) is 24.3 Å². The van der Waals surface area contributed by atoms with Gasteiger partial charge in [-0.3, -0.25) is 0 Å². The van der Waals surface area contributed by atoms with Crippen LogP contribution < -0.4 is 26.0 Å². The van der Waals surface area contributed by atoms with Gasteiger partial charge in [0.1, 0.15) is 11.8 Å². The molecule has 0 radical (unpaired) electrons. The topological polar surface area (TPSA) is 191 Å². The van der Waals surface area contributed by atoms with Crippen molar-refractivity contribution in [2.45, 2.75) is 19.4 Å². The lowest BCUT2D eigenvalue weighted by molar-refractivity contribution is -0.139. The Kier molecular flexibility index (Phi) is 9.43. The van der Waals surface area contributed by atoms with Gasteiger partial charge < -0.3 is 36.0 Å². The summed E-state index contributed by atoms with van der Waals surface area (Å²) in [6, 6.07) is 11.7. The molecule has 1 aliphatic rings. The summed E-state index contributed by atoms with van der Waals surface area (Å²) in [6.07, 6.45) is -0.598. The number of nitrogens with zero attached hydrogens (tertiary/aromatic N) is 3. The highest BCUT2D eigenvalue weighted by Gasteiger charge is 2.28. The predicted octanol–water partition coefficient (Wildman–Crippen LogP) is 1.11. The van der Waals surface area contributed by atoms with Crippen LogP contribution in [0, 0.1) is 6.92 Å². The maximum Gasteiger partial charge on any atom is 0.414 e. The number of benzene rings is 2. The highest BCUT2D eigenvalue weighted by molar-refractivity contribution is 7.89. The van der Waals surface area contributed by atoms with Crippen LogP contribution in [0.15, 0.2) is 57.3 Å². The first-order valence-electron chi connectivity index (χ1n) is 11.7. The van der Waals surface area contributed by atoms with Gasteiger partial charge in [-0.25, -0.2) is 14.4 Å². The summed E-state index contributed by atoms with van der Waals surface area (Å²) < 4.78 is 36.1. The second-order valence-electron chi connectivity index (χ2n) is 8.65. The van der Waals surface area contributed by atoms with E-state index in [4.69, 9.17) is 4.74 Å². The SMILES string of the molecule is Cc1cccc(NC(=O)NCCNC2=NS(=O)(=O)N=C2N[C@@H](Cc2ccc(OC(=O)N(C)C)cc2)C(=O)O)c1. The number of anilines is 1. The third-order valence-corrected chi connectivity index (χ3v) is 5.99. The summed E-state index contributed by atoms with van der Waals surface area (Å²) in [4.78, 5) is 36.9. The summed E-state index contributed by atoms with van der Waals surface area (Å²) >= 11 is 0. The van der Waals surface area contributed by atoms with Crippen molar-refractivity contribution in [2.24, 2.45) is 8.80 Å². The molecule has 1 heterocycles. The number of rotatable bonds is 9. The van der Waals surface area contributed by atoms with E-state index in [9.17, 15) is 27.9 Å². The van der Waals surface area contributed by atoms with Gasteiger partial charge in [-0.1, -0.05) is 24.3 Å². The fourth-order valence-corrected chi connectivity index (χ4v) is 4.08. The lowest BCUT2D eigenvalue weighted by Gasteiger charge is -2.17. The Morgan fingerprint density at radius 2 is 1.72 bits per heavy atom. The van der Waals surface area contributed by atoms with Gasteiger partial charge in [0.15, 0.2) is 11.7 Å². The zero-order valence-corrected chi connectivity index (χ0v) is 22.3. The number of hydrogen-bond donors (Lipinski definition) is 5. The molecule has 0 aliphatic carbocycles. The summed E-state index contributed by atoms with van der Waals surface area (Å²) in [5.41, 5.74) is 2.18. The van der Waals surface area contributed by atoms with Crippen LogP contribution >= 0.6 is 0 Å². The molecule has 1 aliphatic heterocycles. The molecule has 2 aromatic rings. The maximum absolute atomic E-state index is 12.1. The first-order chi connectivity index (χ1) is 18.4. The Morgan fingerprint density at radius 1 is 1.03 bits per heavy atom. The van der Waals surface area contributed by atoms with Crippen molar-refractivity contribution in [2.75, 3.05) is 32.5 Å². The molecule has 14 nitrogen and oxygen atoms in total. The number of carbonyl (C=O) groups is 3. The van der Waals surface area contributed by atoms with Gasteiger partial charge in [0.05, 0.1) is 0 Å². The molecule has 2 aromatic carbocycles. The van der Waals surface area contributed by atoms with E-state index >= 15 is 0 Å². The van der Waals surface area contributed by atoms with Crippen molar-refractivity contribution in [3.8, 4) is 5.75 Å². The number of aliphatic carboxylic acids is 1. The van der Waals surface area contributed by atoms with Gasteiger partial charge in [-0.05, 0) is 42.3 Å². The van der Waals surface area contributed by atoms with E-state index in [1.165, 1.54) is 31.1 Å². The van der Waals surface area contributed by atoms with Gasteiger partial charge in [0.25, 0.3) is 0 Å². The molecule has 0 aromatic heterocycles. The second kappa shape index (κ2) is 12.7. The highest BCUT2D eigenvalue weighted by atomic mass is 32.2. The van der Waals surface area contributed by atoms with E-state index in [-0.39, 0.29) is 36.9 Å². The normalized spacial score (nSPS) is 14.3. The lowest BCUT2D eigenvalue weighted by atomic mass is 10.1. The number of amides is 3. The molecule has 3 amide bonds. The number of carboxylic acids is 1. The van der Waals surface area contributed by atoms with Crippen molar-refractivity contribution < 1.29 is 32.6 Å². The maximum atomic E-state index is 12.1. The van der Waals surface area contributed by atoms with Crippen LogP contribution in [-0.4, -0.2) is 81.4 Å². The minimum atomic E-state index is -4.21. The van der Waals surface area contributed by atoms with Crippen molar-refractivity contribution >= 4 is 45.7 Å². The van der Waals surface area contributed by atoms with Gasteiger partial charge in [0, 0.05) is 39.3 Å². The van der Waals surface area contributed by atoms with E-state index in [0.717, 1.165) is 5.56 Å².